The topological polar surface area (TPSA) is 26.3 Å². The molecule has 0 saturated carbocycles. The number of Topliss-reactive ketones (excluding diaryl/α,β-unsaturated/α-hetero) is 1. The van der Waals surface area contributed by atoms with Gasteiger partial charge in [-0.15, -0.1) is 0 Å². The van der Waals surface area contributed by atoms with Gasteiger partial charge in [-0.3, -0.25) is 4.79 Å². The number of ketones is 1. The average molecular weight is 370 g/mol. The summed E-state index contributed by atoms with van der Waals surface area (Å²) >= 11 is 6.77. The molecule has 0 aliphatic rings. The molecule has 0 radical (unpaired) electrons. The summed E-state index contributed by atoms with van der Waals surface area (Å²) in [7, 11) is 0. The summed E-state index contributed by atoms with van der Waals surface area (Å²) in [5.74, 6) is 0.597. The molecule has 0 fully saturated rings. The fraction of sp³-hybridized carbons (Fsp3) is 0.0714. The number of benzene rings is 2. The van der Waals surface area contributed by atoms with Gasteiger partial charge in [-0.25, -0.2) is 0 Å². The van der Waals surface area contributed by atoms with E-state index in [1.165, 1.54) is 0 Å². The Morgan fingerprint density at radius 1 is 0.944 bits per heavy atom. The first-order chi connectivity index (χ1) is 8.68. The Balaban J connectivity index is 2.07. The summed E-state index contributed by atoms with van der Waals surface area (Å²) in [5.41, 5.74) is 0.653. The Hall–Kier alpha value is -1.13. The van der Waals surface area contributed by atoms with Crippen molar-refractivity contribution in [2.24, 2.45) is 0 Å². The molecule has 0 saturated heterocycles. The lowest BCUT2D eigenvalue weighted by Gasteiger charge is -2.09. The summed E-state index contributed by atoms with van der Waals surface area (Å²) in [6.45, 7) is 0.0191. The highest BCUT2D eigenvalue weighted by Gasteiger charge is 2.10. The highest BCUT2D eigenvalue weighted by Crippen LogP contribution is 2.32. The van der Waals surface area contributed by atoms with Gasteiger partial charge in [-0.2, -0.15) is 0 Å². The second-order valence-electron chi connectivity index (χ2n) is 3.63. The Morgan fingerprint density at radius 3 is 2.17 bits per heavy atom. The van der Waals surface area contributed by atoms with Gasteiger partial charge in [0.15, 0.2) is 12.4 Å². The van der Waals surface area contributed by atoms with Crippen LogP contribution in [0.1, 0.15) is 10.4 Å². The molecule has 0 N–H and O–H groups in total. The van der Waals surface area contributed by atoms with Crippen molar-refractivity contribution in [3.05, 3.63) is 63.0 Å². The van der Waals surface area contributed by atoms with E-state index < -0.39 is 0 Å². The van der Waals surface area contributed by atoms with Crippen LogP contribution in [0, 0.1) is 0 Å². The lowest BCUT2D eigenvalue weighted by atomic mass is 10.1. The number of carbonyl (C=O) groups is 1. The molecule has 18 heavy (non-hydrogen) atoms. The summed E-state index contributed by atoms with van der Waals surface area (Å²) < 4.78 is 7.18. The fourth-order valence-electron chi connectivity index (χ4n) is 1.47. The number of hydrogen-bond acceptors (Lipinski definition) is 2. The lowest BCUT2D eigenvalue weighted by Crippen LogP contribution is -2.11. The normalized spacial score (nSPS) is 10.1. The van der Waals surface area contributed by atoms with E-state index in [1.807, 2.05) is 36.4 Å². The number of rotatable bonds is 4. The van der Waals surface area contributed by atoms with Gasteiger partial charge in [-0.1, -0.05) is 36.4 Å². The second-order valence-corrected chi connectivity index (χ2v) is 5.34. The van der Waals surface area contributed by atoms with E-state index in [0.29, 0.717) is 11.3 Å². The van der Waals surface area contributed by atoms with Gasteiger partial charge in [0.05, 0.1) is 8.95 Å². The molecule has 0 spiro atoms. The van der Waals surface area contributed by atoms with E-state index >= 15 is 0 Å². The Labute approximate surface area is 122 Å². The van der Waals surface area contributed by atoms with Gasteiger partial charge in [0.25, 0.3) is 0 Å². The zero-order chi connectivity index (χ0) is 13.0. The minimum atomic E-state index is -0.0433. The SMILES string of the molecule is O=C(COc1c(Br)cccc1Br)c1ccccc1. The monoisotopic (exact) mass is 368 g/mol. The predicted molar refractivity (Wildman–Crippen MR) is 78.1 cm³/mol. The first-order valence-corrected chi connectivity index (χ1v) is 6.92. The van der Waals surface area contributed by atoms with Crippen LogP contribution in [0.2, 0.25) is 0 Å². The van der Waals surface area contributed by atoms with Gasteiger partial charge >= 0.3 is 0 Å². The van der Waals surface area contributed by atoms with Crippen molar-refractivity contribution in [2.75, 3.05) is 6.61 Å². The van der Waals surface area contributed by atoms with Crippen LogP contribution in [0.3, 0.4) is 0 Å². The highest BCUT2D eigenvalue weighted by atomic mass is 79.9. The lowest BCUT2D eigenvalue weighted by molar-refractivity contribution is 0.0920. The van der Waals surface area contributed by atoms with Crippen LogP contribution in [0.4, 0.5) is 0 Å². The molecule has 0 aromatic heterocycles. The molecule has 0 amide bonds. The molecule has 92 valence electrons. The molecule has 2 aromatic rings. The third-order valence-corrected chi connectivity index (χ3v) is 3.61. The van der Waals surface area contributed by atoms with Crippen molar-refractivity contribution in [2.45, 2.75) is 0 Å². The number of para-hydroxylation sites is 1. The van der Waals surface area contributed by atoms with E-state index in [-0.39, 0.29) is 12.4 Å². The zero-order valence-electron chi connectivity index (χ0n) is 9.40. The number of ether oxygens (including phenoxy) is 1. The fourth-order valence-corrected chi connectivity index (χ4v) is 2.69. The van der Waals surface area contributed by atoms with Gasteiger partial charge in [-0.05, 0) is 44.0 Å². The quantitative estimate of drug-likeness (QED) is 0.743. The summed E-state index contributed by atoms with van der Waals surface area (Å²) in [5, 5.41) is 0. The maximum Gasteiger partial charge on any atom is 0.200 e. The molecule has 2 aromatic carbocycles. The number of carbonyl (C=O) groups excluding carboxylic acids is 1. The molecule has 0 atom stereocenters. The largest absolute Gasteiger partial charge is 0.483 e. The zero-order valence-corrected chi connectivity index (χ0v) is 12.6. The van der Waals surface area contributed by atoms with Crippen LogP contribution >= 0.6 is 31.9 Å². The molecule has 0 heterocycles. The van der Waals surface area contributed by atoms with Crippen molar-refractivity contribution in [3.8, 4) is 5.75 Å². The smallest absolute Gasteiger partial charge is 0.200 e. The van der Waals surface area contributed by atoms with Crippen molar-refractivity contribution in [1.82, 2.24) is 0 Å². The molecule has 0 unspecified atom stereocenters. The van der Waals surface area contributed by atoms with Crippen LogP contribution in [0.5, 0.6) is 5.75 Å². The van der Waals surface area contributed by atoms with Crippen LogP contribution in [-0.2, 0) is 0 Å². The highest BCUT2D eigenvalue weighted by molar-refractivity contribution is 9.11. The van der Waals surface area contributed by atoms with E-state index in [2.05, 4.69) is 31.9 Å². The molecule has 4 heteroatoms. The maximum atomic E-state index is 11.9. The van der Waals surface area contributed by atoms with Crippen LogP contribution in [-0.4, -0.2) is 12.4 Å². The third kappa shape index (κ3) is 3.21. The van der Waals surface area contributed by atoms with E-state index in [9.17, 15) is 4.79 Å². The molecule has 2 nitrogen and oxygen atoms in total. The maximum absolute atomic E-state index is 11.9. The number of halogens is 2. The van der Waals surface area contributed by atoms with Gasteiger partial charge in [0, 0.05) is 5.56 Å². The van der Waals surface area contributed by atoms with Crippen molar-refractivity contribution >= 4 is 37.6 Å². The van der Waals surface area contributed by atoms with E-state index in [1.54, 1.807) is 12.1 Å². The molecule has 2 rings (SSSR count). The Morgan fingerprint density at radius 2 is 1.56 bits per heavy atom. The summed E-state index contributed by atoms with van der Waals surface area (Å²) in [6, 6.07) is 14.7. The van der Waals surface area contributed by atoms with Crippen LogP contribution < -0.4 is 4.74 Å². The minimum Gasteiger partial charge on any atom is -0.483 e. The van der Waals surface area contributed by atoms with E-state index in [0.717, 1.165) is 8.95 Å². The van der Waals surface area contributed by atoms with Gasteiger partial charge in [0.2, 0.25) is 0 Å². The van der Waals surface area contributed by atoms with Gasteiger partial charge in [0.1, 0.15) is 5.75 Å². The van der Waals surface area contributed by atoms with Crippen molar-refractivity contribution < 1.29 is 9.53 Å². The molecular formula is C14H10Br2O2. The second kappa shape index (κ2) is 6.16. The van der Waals surface area contributed by atoms with Crippen molar-refractivity contribution in [3.63, 3.8) is 0 Å². The molecule has 0 aliphatic heterocycles. The standard InChI is InChI=1S/C14H10Br2O2/c15-11-7-4-8-12(16)14(11)18-9-13(17)10-5-2-1-3-6-10/h1-8H,9H2. The van der Waals surface area contributed by atoms with E-state index in [4.69, 9.17) is 4.74 Å². The minimum absolute atomic E-state index is 0.0191. The average Bonchev–Trinajstić information content (AvgIpc) is 2.39. The van der Waals surface area contributed by atoms with Crippen LogP contribution in [0.15, 0.2) is 57.5 Å². The first kappa shape index (κ1) is 13.3. The molecule has 0 bridgehead atoms. The van der Waals surface area contributed by atoms with Crippen LogP contribution in [0.25, 0.3) is 0 Å². The first-order valence-electron chi connectivity index (χ1n) is 5.33. The number of hydrogen-bond donors (Lipinski definition) is 0. The third-order valence-electron chi connectivity index (χ3n) is 2.36. The molecular weight excluding hydrogens is 360 g/mol. The summed E-state index contributed by atoms with van der Waals surface area (Å²) in [6.07, 6.45) is 0. The Bertz CT molecular complexity index is 533. The summed E-state index contributed by atoms with van der Waals surface area (Å²) in [4.78, 5) is 11.9. The van der Waals surface area contributed by atoms with Gasteiger partial charge < -0.3 is 4.74 Å². The van der Waals surface area contributed by atoms with Crippen molar-refractivity contribution in [1.29, 1.82) is 0 Å². The molecule has 0 aliphatic carbocycles. The predicted octanol–water partition coefficient (Wildman–Crippen LogP) is 4.47. The Kier molecular flexibility index (Phi) is 4.55.